The number of amides is 1. The van der Waals surface area contributed by atoms with E-state index < -0.39 is 4.92 Å². The van der Waals surface area contributed by atoms with Crippen LogP contribution < -0.4 is 10.2 Å². The molecule has 0 saturated heterocycles. The number of hydrogen-bond donors (Lipinski definition) is 1. The van der Waals surface area contributed by atoms with E-state index in [1.165, 1.54) is 12.1 Å². The minimum Gasteiger partial charge on any atom is -0.483 e. The van der Waals surface area contributed by atoms with Gasteiger partial charge in [0.05, 0.1) is 10.6 Å². The van der Waals surface area contributed by atoms with Gasteiger partial charge in [-0.15, -0.1) is 0 Å². The van der Waals surface area contributed by atoms with Gasteiger partial charge in [-0.2, -0.15) is 5.10 Å². The summed E-state index contributed by atoms with van der Waals surface area (Å²) in [6.07, 6.45) is 0.815. The number of ether oxygens (including phenoxy) is 1. The summed E-state index contributed by atoms with van der Waals surface area (Å²) in [6.45, 7) is 3.57. The van der Waals surface area contributed by atoms with Crippen molar-refractivity contribution in [3.63, 3.8) is 0 Å². The molecule has 0 aliphatic rings. The lowest BCUT2D eigenvalue weighted by Crippen LogP contribution is -2.25. The number of rotatable bonds is 7. The lowest BCUT2D eigenvalue weighted by atomic mass is 10.1. The second kappa shape index (κ2) is 8.58. The highest BCUT2D eigenvalue weighted by molar-refractivity contribution is 5.99. The standard InChI is InChI=1S/C18H19N3O4/c1-3-14-6-4-5-7-17(14)25-12-18(22)20-19-13(2)15-8-10-16(11-9-15)21(23)24/h4-11H,3,12H2,1-2H3,(H,20,22)/b19-13+. The minimum absolute atomic E-state index is 0.00331. The summed E-state index contributed by atoms with van der Waals surface area (Å²) in [6, 6.07) is 13.5. The molecule has 1 amide bonds. The van der Waals surface area contributed by atoms with Crippen LogP contribution in [0.3, 0.4) is 0 Å². The molecule has 0 aliphatic carbocycles. The van der Waals surface area contributed by atoms with Gasteiger partial charge in [-0.25, -0.2) is 5.43 Å². The lowest BCUT2D eigenvalue weighted by Gasteiger charge is -2.09. The molecule has 0 radical (unpaired) electrons. The molecule has 0 atom stereocenters. The molecule has 2 aromatic carbocycles. The Morgan fingerprint density at radius 2 is 1.88 bits per heavy atom. The molecule has 0 heterocycles. The first kappa shape index (κ1) is 18.1. The van der Waals surface area contributed by atoms with Crippen LogP contribution >= 0.6 is 0 Å². The van der Waals surface area contributed by atoms with Gasteiger partial charge in [0.25, 0.3) is 11.6 Å². The highest BCUT2D eigenvalue weighted by Gasteiger charge is 2.07. The fraction of sp³-hybridized carbons (Fsp3) is 0.222. The van der Waals surface area contributed by atoms with Crippen molar-refractivity contribution in [1.82, 2.24) is 5.43 Å². The summed E-state index contributed by atoms with van der Waals surface area (Å²) in [5.41, 5.74) is 4.67. The molecule has 130 valence electrons. The summed E-state index contributed by atoms with van der Waals surface area (Å²) >= 11 is 0. The lowest BCUT2D eigenvalue weighted by molar-refractivity contribution is -0.384. The van der Waals surface area contributed by atoms with Crippen molar-refractivity contribution in [3.8, 4) is 5.75 Å². The first-order valence-corrected chi connectivity index (χ1v) is 7.80. The fourth-order valence-corrected chi connectivity index (χ4v) is 2.15. The van der Waals surface area contributed by atoms with Crippen molar-refractivity contribution < 1.29 is 14.5 Å². The average Bonchev–Trinajstić information content (AvgIpc) is 2.64. The van der Waals surface area contributed by atoms with Crippen molar-refractivity contribution >= 4 is 17.3 Å². The van der Waals surface area contributed by atoms with E-state index in [9.17, 15) is 14.9 Å². The van der Waals surface area contributed by atoms with E-state index in [1.807, 2.05) is 31.2 Å². The molecule has 0 saturated carbocycles. The average molecular weight is 341 g/mol. The zero-order valence-corrected chi connectivity index (χ0v) is 14.1. The van der Waals surface area contributed by atoms with Gasteiger partial charge >= 0.3 is 0 Å². The Hall–Kier alpha value is -3.22. The van der Waals surface area contributed by atoms with Crippen molar-refractivity contribution in [2.75, 3.05) is 6.61 Å². The normalized spacial score (nSPS) is 11.0. The van der Waals surface area contributed by atoms with Gasteiger partial charge in [0.15, 0.2) is 6.61 Å². The minimum atomic E-state index is -0.469. The van der Waals surface area contributed by atoms with E-state index in [1.54, 1.807) is 19.1 Å². The number of carbonyl (C=O) groups is 1. The zero-order valence-electron chi connectivity index (χ0n) is 14.1. The molecular formula is C18H19N3O4. The predicted molar refractivity (Wildman–Crippen MR) is 94.8 cm³/mol. The van der Waals surface area contributed by atoms with Crippen LogP contribution in [0.25, 0.3) is 0 Å². The first-order chi connectivity index (χ1) is 12.0. The number of hydrazone groups is 1. The monoisotopic (exact) mass is 341 g/mol. The Bertz CT molecular complexity index is 785. The Kier molecular flexibility index (Phi) is 6.22. The molecule has 25 heavy (non-hydrogen) atoms. The Balaban J connectivity index is 1.91. The smallest absolute Gasteiger partial charge is 0.277 e. The maximum absolute atomic E-state index is 11.9. The van der Waals surface area contributed by atoms with Crippen molar-refractivity contribution in [2.24, 2.45) is 5.10 Å². The van der Waals surface area contributed by atoms with Crippen molar-refractivity contribution in [1.29, 1.82) is 0 Å². The summed E-state index contributed by atoms with van der Waals surface area (Å²) < 4.78 is 5.51. The van der Waals surface area contributed by atoms with E-state index in [-0.39, 0.29) is 18.2 Å². The van der Waals surface area contributed by atoms with E-state index in [4.69, 9.17) is 4.74 Å². The summed E-state index contributed by atoms with van der Waals surface area (Å²) in [5.74, 6) is 0.295. The number of non-ortho nitro benzene ring substituents is 1. The van der Waals surface area contributed by atoms with E-state index >= 15 is 0 Å². The number of para-hydroxylation sites is 1. The number of hydrogen-bond acceptors (Lipinski definition) is 5. The molecule has 0 spiro atoms. The number of carbonyl (C=O) groups excluding carboxylic acids is 1. The third-order valence-corrected chi connectivity index (χ3v) is 3.56. The van der Waals surface area contributed by atoms with E-state index in [2.05, 4.69) is 10.5 Å². The van der Waals surface area contributed by atoms with E-state index in [0.29, 0.717) is 17.0 Å². The van der Waals surface area contributed by atoms with Gasteiger partial charge in [-0.3, -0.25) is 14.9 Å². The topological polar surface area (TPSA) is 93.8 Å². The molecule has 1 N–H and O–H groups in total. The van der Waals surface area contributed by atoms with Gasteiger partial charge in [-0.1, -0.05) is 25.1 Å². The number of nitro benzene ring substituents is 1. The molecule has 7 heteroatoms. The molecule has 0 aromatic heterocycles. The van der Waals surface area contributed by atoms with Gasteiger partial charge in [0.2, 0.25) is 0 Å². The van der Waals surface area contributed by atoms with Crippen molar-refractivity contribution in [3.05, 3.63) is 69.8 Å². The molecule has 2 rings (SSSR count). The number of aryl methyl sites for hydroxylation is 1. The van der Waals surface area contributed by atoms with Crippen LogP contribution in [0.5, 0.6) is 5.75 Å². The molecule has 0 bridgehead atoms. The Labute approximate surface area is 145 Å². The maximum atomic E-state index is 11.9. The molecule has 2 aromatic rings. The molecule has 0 fully saturated rings. The third-order valence-electron chi connectivity index (χ3n) is 3.56. The van der Waals surface area contributed by atoms with Crippen LogP contribution in [0.2, 0.25) is 0 Å². The predicted octanol–water partition coefficient (Wildman–Crippen LogP) is 3.08. The highest BCUT2D eigenvalue weighted by Crippen LogP contribution is 2.18. The van der Waals surface area contributed by atoms with Crippen molar-refractivity contribution in [2.45, 2.75) is 20.3 Å². The number of nitro groups is 1. The highest BCUT2D eigenvalue weighted by atomic mass is 16.6. The molecule has 0 unspecified atom stereocenters. The largest absolute Gasteiger partial charge is 0.483 e. The Morgan fingerprint density at radius 3 is 2.52 bits per heavy atom. The fourth-order valence-electron chi connectivity index (χ4n) is 2.15. The maximum Gasteiger partial charge on any atom is 0.277 e. The van der Waals surface area contributed by atoms with Crippen LogP contribution in [0.4, 0.5) is 5.69 Å². The van der Waals surface area contributed by atoms with Crippen LogP contribution in [-0.2, 0) is 11.2 Å². The van der Waals surface area contributed by atoms with Crippen LogP contribution in [0.1, 0.15) is 25.0 Å². The second-order valence-electron chi connectivity index (χ2n) is 5.29. The number of nitrogens with zero attached hydrogens (tertiary/aromatic N) is 2. The molecule has 7 nitrogen and oxygen atoms in total. The summed E-state index contributed by atoms with van der Waals surface area (Å²) in [7, 11) is 0. The van der Waals surface area contributed by atoms with Gasteiger partial charge in [0, 0.05) is 12.1 Å². The summed E-state index contributed by atoms with van der Waals surface area (Å²) in [4.78, 5) is 22.0. The third kappa shape index (κ3) is 5.13. The van der Waals surface area contributed by atoms with Crippen LogP contribution in [0.15, 0.2) is 53.6 Å². The zero-order chi connectivity index (χ0) is 18.2. The van der Waals surface area contributed by atoms with Gasteiger partial charge in [-0.05, 0) is 42.7 Å². The second-order valence-corrected chi connectivity index (χ2v) is 5.29. The van der Waals surface area contributed by atoms with Crippen LogP contribution in [-0.4, -0.2) is 23.1 Å². The van der Waals surface area contributed by atoms with Gasteiger partial charge in [0.1, 0.15) is 5.75 Å². The number of nitrogens with one attached hydrogen (secondary N) is 1. The van der Waals surface area contributed by atoms with Crippen LogP contribution in [0, 0.1) is 10.1 Å². The summed E-state index contributed by atoms with van der Waals surface area (Å²) in [5, 5.41) is 14.6. The van der Waals surface area contributed by atoms with Gasteiger partial charge < -0.3 is 4.74 Å². The molecular weight excluding hydrogens is 322 g/mol. The molecule has 0 aliphatic heterocycles. The number of benzene rings is 2. The SMILES string of the molecule is CCc1ccccc1OCC(=O)N/N=C(\C)c1ccc([N+](=O)[O-])cc1. The van der Waals surface area contributed by atoms with E-state index in [0.717, 1.165) is 12.0 Å². The first-order valence-electron chi connectivity index (χ1n) is 7.80. The quantitative estimate of drug-likeness (QED) is 0.476. The Morgan fingerprint density at radius 1 is 1.20 bits per heavy atom.